The molecule has 3 aromatic rings. The van der Waals surface area contributed by atoms with Crippen molar-refractivity contribution in [1.82, 2.24) is 24.7 Å². The maximum absolute atomic E-state index is 9.21. The highest BCUT2D eigenvalue weighted by Gasteiger charge is 2.27. The third-order valence-electron chi connectivity index (χ3n) is 4.55. The molecule has 0 radical (unpaired) electrons. The van der Waals surface area contributed by atoms with Gasteiger partial charge in [-0.1, -0.05) is 12.8 Å². The summed E-state index contributed by atoms with van der Waals surface area (Å²) in [5.41, 5.74) is 2.48. The Morgan fingerprint density at radius 2 is 2.30 bits per heavy atom. The van der Waals surface area contributed by atoms with Crippen LogP contribution < -0.4 is 0 Å². The van der Waals surface area contributed by atoms with Gasteiger partial charge in [-0.3, -0.25) is 4.68 Å². The van der Waals surface area contributed by atoms with Gasteiger partial charge in [0.25, 0.3) is 0 Å². The minimum absolute atomic E-state index is 0.220. The van der Waals surface area contributed by atoms with E-state index in [1.54, 1.807) is 10.9 Å². The van der Waals surface area contributed by atoms with Crippen molar-refractivity contribution in [1.29, 1.82) is 5.26 Å². The molecule has 1 N–H and O–H groups in total. The smallest absolute Gasteiger partial charge is 0.141 e. The molecule has 0 amide bonds. The third kappa shape index (κ3) is 2.48. The molecule has 23 heavy (non-hydrogen) atoms. The number of aromatic amines is 1. The van der Waals surface area contributed by atoms with Crippen molar-refractivity contribution in [3.05, 3.63) is 31.0 Å². The molecular formula is C17H18N6. The average molecular weight is 307 g/mol. The number of hydrogen-bond acceptors (Lipinski definition) is 4. The zero-order valence-electron chi connectivity index (χ0n) is 13.7. The zero-order chi connectivity index (χ0) is 16.6. The second kappa shape index (κ2) is 5.84. The fourth-order valence-corrected chi connectivity index (χ4v) is 3.41. The monoisotopic (exact) mass is 307 g/mol. The number of H-pyrrole nitrogens is 1. The van der Waals surface area contributed by atoms with E-state index in [9.17, 15) is 5.26 Å². The Bertz CT molecular complexity index is 899. The van der Waals surface area contributed by atoms with Gasteiger partial charge in [0.2, 0.25) is 0 Å². The third-order valence-corrected chi connectivity index (χ3v) is 4.55. The van der Waals surface area contributed by atoms with Crippen LogP contribution in [0.1, 0.15) is 39.5 Å². The second-order valence-corrected chi connectivity index (χ2v) is 5.91. The van der Waals surface area contributed by atoms with E-state index in [1.807, 2.05) is 18.5 Å². The van der Waals surface area contributed by atoms with E-state index in [0.29, 0.717) is 6.42 Å². The summed E-state index contributed by atoms with van der Waals surface area (Å²) in [7, 11) is 0. The number of nitriles is 1. The van der Waals surface area contributed by atoms with E-state index in [-0.39, 0.29) is 6.04 Å². The molecule has 6 nitrogen and oxygen atoms in total. The van der Waals surface area contributed by atoms with Crippen LogP contribution in [0.25, 0.3) is 22.3 Å². The Morgan fingerprint density at radius 3 is 3.13 bits per heavy atom. The van der Waals surface area contributed by atoms with E-state index in [2.05, 4.69) is 26.1 Å². The topological polar surface area (TPSA) is 83.2 Å². The molecule has 116 valence electrons. The summed E-state index contributed by atoms with van der Waals surface area (Å²) in [6, 6.07) is 3.95. The Hall–Kier alpha value is -2.68. The summed E-state index contributed by atoms with van der Waals surface area (Å²) in [4.78, 5) is 11.7. The van der Waals surface area contributed by atoms with Crippen LogP contribution >= 0.6 is 0 Å². The van der Waals surface area contributed by atoms with Crippen molar-refractivity contribution in [3.8, 4) is 17.3 Å². The van der Waals surface area contributed by atoms with Gasteiger partial charge in [-0.15, -0.1) is 0 Å². The van der Waals surface area contributed by atoms with Crippen molar-refractivity contribution >= 4 is 11.0 Å². The quantitative estimate of drug-likeness (QED) is 0.800. The molecule has 0 aromatic carbocycles. The summed E-state index contributed by atoms with van der Waals surface area (Å²) < 4.78 is 10.5. The first-order valence-electron chi connectivity index (χ1n) is 8.41. The fourth-order valence-electron chi connectivity index (χ4n) is 3.41. The Labute approximate surface area is 135 Å². The molecule has 4 rings (SSSR count). The van der Waals surface area contributed by atoms with Crippen molar-refractivity contribution < 1.29 is 1.37 Å². The van der Waals surface area contributed by atoms with Crippen LogP contribution in [0.2, 0.25) is 0 Å². The van der Waals surface area contributed by atoms with E-state index >= 15 is 0 Å². The predicted octanol–water partition coefficient (Wildman–Crippen LogP) is 3.47. The van der Waals surface area contributed by atoms with Crippen molar-refractivity contribution in [2.45, 2.75) is 38.1 Å². The van der Waals surface area contributed by atoms with Gasteiger partial charge in [0.15, 0.2) is 0 Å². The van der Waals surface area contributed by atoms with E-state index < -0.39 is 5.89 Å². The van der Waals surface area contributed by atoms with Crippen LogP contribution in [0.5, 0.6) is 0 Å². The number of aromatic nitrogens is 5. The summed E-state index contributed by atoms with van der Waals surface area (Å²) in [5, 5.41) is 14.6. The highest BCUT2D eigenvalue weighted by atomic mass is 15.3. The van der Waals surface area contributed by atoms with Crippen LogP contribution in [0.15, 0.2) is 31.0 Å². The van der Waals surface area contributed by atoms with Crippen molar-refractivity contribution in [2.24, 2.45) is 5.89 Å². The van der Waals surface area contributed by atoms with E-state index in [4.69, 9.17) is 1.37 Å². The molecule has 0 saturated heterocycles. The van der Waals surface area contributed by atoms with Gasteiger partial charge in [0, 0.05) is 24.7 Å². The normalized spacial score (nSPS) is 18.7. The zero-order valence-corrected chi connectivity index (χ0v) is 12.7. The standard InChI is InChI=1S/C17H18N6/c18-7-5-15(12-3-1-2-4-12)23-10-13(9-22-23)16-14-6-8-19-17(14)21-11-20-16/h6,8-12,15H,1-5H2,(H,19,20,21)/t15-/m1/s1/i12D. The van der Waals surface area contributed by atoms with Gasteiger partial charge in [0.1, 0.15) is 12.0 Å². The highest BCUT2D eigenvalue weighted by Crippen LogP contribution is 2.36. The molecular weight excluding hydrogens is 288 g/mol. The number of fused-ring (bicyclic) bond motifs is 1. The van der Waals surface area contributed by atoms with Gasteiger partial charge < -0.3 is 4.98 Å². The lowest BCUT2D eigenvalue weighted by Crippen LogP contribution is -2.17. The molecule has 3 aromatic heterocycles. The van der Waals surface area contributed by atoms with Gasteiger partial charge >= 0.3 is 0 Å². The first-order valence-corrected chi connectivity index (χ1v) is 7.91. The minimum atomic E-state index is -0.603. The molecule has 0 spiro atoms. The molecule has 3 heterocycles. The summed E-state index contributed by atoms with van der Waals surface area (Å²) >= 11 is 0. The number of hydrogen-bond donors (Lipinski definition) is 1. The number of rotatable bonds is 4. The molecule has 1 atom stereocenters. The molecule has 1 fully saturated rings. The van der Waals surface area contributed by atoms with E-state index in [0.717, 1.165) is 48.0 Å². The average Bonchev–Trinajstić information content (AvgIpc) is 3.32. The molecule has 0 aliphatic heterocycles. The van der Waals surface area contributed by atoms with Crippen molar-refractivity contribution in [3.63, 3.8) is 0 Å². The largest absolute Gasteiger partial charge is 0.346 e. The van der Waals surface area contributed by atoms with Crippen LogP contribution in [0.4, 0.5) is 0 Å². The van der Waals surface area contributed by atoms with Gasteiger partial charge in [-0.2, -0.15) is 10.4 Å². The maximum Gasteiger partial charge on any atom is 0.141 e. The minimum Gasteiger partial charge on any atom is -0.346 e. The Morgan fingerprint density at radius 1 is 1.43 bits per heavy atom. The van der Waals surface area contributed by atoms with Gasteiger partial charge in [0.05, 0.1) is 30.4 Å². The van der Waals surface area contributed by atoms with Gasteiger partial charge in [-0.05, 0) is 24.8 Å². The molecule has 1 saturated carbocycles. The van der Waals surface area contributed by atoms with Gasteiger partial charge in [-0.25, -0.2) is 9.97 Å². The van der Waals surface area contributed by atoms with Crippen LogP contribution in [-0.2, 0) is 0 Å². The lowest BCUT2D eigenvalue weighted by Gasteiger charge is -2.21. The number of nitrogens with zero attached hydrogens (tertiary/aromatic N) is 5. The molecule has 6 heteroatoms. The number of nitrogens with one attached hydrogen (secondary N) is 1. The molecule has 0 bridgehead atoms. The Balaban J connectivity index is 1.73. The lowest BCUT2D eigenvalue weighted by molar-refractivity contribution is 0.315. The van der Waals surface area contributed by atoms with Crippen LogP contribution in [0.3, 0.4) is 0 Å². The summed E-state index contributed by atoms with van der Waals surface area (Å²) in [5.74, 6) is -0.603. The molecule has 1 aliphatic carbocycles. The first kappa shape index (κ1) is 12.8. The predicted molar refractivity (Wildman–Crippen MR) is 86.3 cm³/mol. The van der Waals surface area contributed by atoms with Crippen LogP contribution in [-0.4, -0.2) is 24.7 Å². The highest BCUT2D eigenvalue weighted by molar-refractivity contribution is 5.89. The molecule has 0 unspecified atom stereocenters. The summed E-state index contributed by atoms with van der Waals surface area (Å²) in [6.07, 6.45) is 11.1. The summed E-state index contributed by atoms with van der Waals surface area (Å²) in [6.45, 7) is 0. The first-order chi connectivity index (χ1) is 11.7. The lowest BCUT2D eigenvalue weighted by atomic mass is 9.96. The van der Waals surface area contributed by atoms with E-state index in [1.165, 1.54) is 6.33 Å². The van der Waals surface area contributed by atoms with Crippen molar-refractivity contribution in [2.75, 3.05) is 0 Å². The SMILES string of the molecule is [2H]C1([C@@H](CC#N)n2cc(-c3ncnc4[nH]ccc34)cn2)CCCC1. The Kier molecular flexibility index (Phi) is 3.26. The van der Waals surface area contributed by atoms with Crippen LogP contribution in [0, 0.1) is 17.2 Å². The molecule has 1 aliphatic rings. The second-order valence-electron chi connectivity index (χ2n) is 5.91. The fraction of sp³-hybridized carbons (Fsp3) is 0.412. The maximum atomic E-state index is 9.21.